The monoisotopic (exact) mass is 245 g/mol. The average molecular weight is 245 g/mol. The van der Waals surface area contributed by atoms with Crippen LogP contribution in [0.25, 0.3) is 0 Å². The van der Waals surface area contributed by atoms with Crippen molar-refractivity contribution < 1.29 is 5.11 Å². The normalized spacial score (nSPS) is 29.0. The molecule has 1 aromatic rings. The smallest absolute Gasteiger partial charge is 0.110 e. The first-order chi connectivity index (χ1) is 7.20. The summed E-state index contributed by atoms with van der Waals surface area (Å²) in [5.74, 6) is 2.29. The van der Waals surface area contributed by atoms with Gasteiger partial charge in [0.2, 0.25) is 0 Å². The van der Waals surface area contributed by atoms with Crippen LogP contribution in [0.4, 0.5) is 0 Å². The number of aryl methyl sites for hydroxylation is 1. The molecule has 4 nitrogen and oxygen atoms in total. The molecule has 2 heterocycles. The second kappa shape index (κ2) is 4.76. The Bertz CT molecular complexity index is 331. The van der Waals surface area contributed by atoms with Gasteiger partial charge in [-0.25, -0.2) is 4.68 Å². The lowest BCUT2D eigenvalue weighted by atomic mass is 10.1. The van der Waals surface area contributed by atoms with Gasteiger partial charge in [0, 0.05) is 29.1 Å². The predicted octanol–water partition coefficient (Wildman–Crippen LogP) is 1.09. The highest BCUT2D eigenvalue weighted by Crippen LogP contribution is 2.38. The third kappa shape index (κ3) is 2.32. The van der Waals surface area contributed by atoms with Crippen molar-refractivity contribution in [1.82, 2.24) is 15.0 Å². The van der Waals surface area contributed by atoms with Crippen LogP contribution in [0.15, 0.2) is 6.20 Å². The van der Waals surface area contributed by atoms with Crippen molar-refractivity contribution in [3.05, 3.63) is 11.9 Å². The summed E-state index contributed by atoms with van der Waals surface area (Å²) in [5, 5.41) is 18.6. The molecule has 1 aromatic heterocycles. The molecule has 0 amide bonds. The number of aromatic nitrogens is 3. The first kappa shape index (κ1) is 11.3. The van der Waals surface area contributed by atoms with Crippen LogP contribution in [0.3, 0.4) is 0 Å². The van der Waals surface area contributed by atoms with Crippen LogP contribution < -0.4 is 0 Å². The van der Waals surface area contributed by atoms with E-state index in [-0.39, 0.29) is 5.25 Å². The third-order valence-corrected chi connectivity index (χ3v) is 5.78. The molecule has 1 saturated heterocycles. The second-order valence-electron chi connectivity index (χ2n) is 3.64. The Morgan fingerprint density at radius 1 is 1.53 bits per heavy atom. The summed E-state index contributed by atoms with van der Waals surface area (Å²) in [4.78, 5) is 0. The molecule has 3 unspecified atom stereocenters. The van der Waals surface area contributed by atoms with Crippen molar-refractivity contribution in [2.75, 3.05) is 11.5 Å². The lowest BCUT2D eigenvalue weighted by Gasteiger charge is -2.31. The molecule has 15 heavy (non-hydrogen) atoms. The van der Waals surface area contributed by atoms with Gasteiger partial charge in [0.25, 0.3) is 0 Å². The van der Waals surface area contributed by atoms with E-state index in [0.717, 1.165) is 11.4 Å². The Balaban J connectivity index is 2.13. The molecule has 0 bridgehead atoms. The lowest BCUT2D eigenvalue weighted by molar-refractivity contribution is 0.164. The maximum absolute atomic E-state index is 10.3. The first-order valence-corrected chi connectivity index (χ1v) is 7.05. The maximum atomic E-state index is 10.3. The van der Waals surface area contributed by atoms with Gasteiger partial charge in [-0.15, -0.1) is 5.10 Å². The highest BCUT2D eigenvalue weighted by atomic mass is 32.2. The van der Waals surface area contributed by atoms with Crippen LogP contribution in [-0.2, 0) is 7.05 Å². The molecule has 0 aliphatic carbocycles. The summed E-state index contributed by atoms with van der Waals surface area (Å²) in [6.07, 6.45) is 1.19. The zero-order valence-electron chi connectivity index (χ0n) is 8.83. The van der Waals surface area contributed by atoms with Crippen LogP contribution in [-0.4, -0.2) is 42.1 Å². The number of aliphatic hydroxyl groups excluding tert-OH is 1. The molecule has 0 radical (unpaired) electrons. The Morgan fingerprint density at radius 2 is 2.27 bits per heavy atom. The molecule has 1 fully saturated rings. The molecular weight excluding hydrogens is 230 g/mol. The van der Waals surface area contributed by atoms with Gasteiger partial charge in [0.05, 0.1) is 11.9 Å². The Hall–Kier alpha value is -0.200. The number of hydrogen-bond acceptors (Lipinski definition) is 5. The van der Waals surface area contributed by atoms with E-state index in [9.17, 15) is 5.11 Å². The summed E-state index contributed by atoms with van der Waals surface area (Å²) in [6, 6.07) is 0. The highest BCUT2D eigenvalue weighted by Gasteiger charge is 2.31. The summed E-state index contributed by atoms with van der Waals surface area (Å²) in [5.41, 5.74) is 0.807. The van der Waals surface area contributed by atoms with Gasteiger partial charge in [-0.2, -0.15) is 23.5 Å². The molecule has 0 spiro atoms. The maximum Gasteiger partial charge on any atom is 0.110 e. The van der Waals surface area contributed by atoms with Crippen molar-refractivity contribution in [1.29, 1.82) is 0 Å². The van der Waals surface area contributed by atoms with Gasteiger partial charge >= 0.3 is 0 Å². The molecule has 1 aliphatic heterocycles. The van der Waals surface area contributed by atoms with Crippen molar-refractivity contribution in [3.8, 4) is 0 Å². The Kier molecular flexibility index (Phi) is 3.58. The standard InChI is InChI=1S/C9H15N3OS2/c1-6-9(15-4-3-14-6)8(13)7-5-10-11-12(7)2/h5-6,8-9,13H,3-4H2,1-2H3. The SMILES string of the molecule is CC1SCCSC1C(O)c1cnnn1C. The van der Waals surface area contributed by atoms with E-state index < -0.39 is 6.10 Å². The van der Waals surface area contributed by atoms with Crippen LogP contribution in [0.1, 0.15) is 18.7 Å². The summed E-state index contributed by atoms with van der Waals surface area (Å²) < 4.78 is 1.65. The van der Waals surface area contributed by atoms with E-state index in [1.807, 2.05) is 30.6 Å². The highest BCUT2D eigenvalue weighted by molar-refractivity contribution is 8.07. The molecule has 1 N–H and O–H groups in total. The van der Waals surface area contributed by atoms with E-state index in [0.29, 0.717) is 5.25 Å². The van der Waals surface area contributed by atoms with Gasteiger partial charge < -0.3 is 5.11 Å². The fourth-order valence-electron chi connectivity index (χ4n) is 1.73. The number of thioether (sulfide) groups is 2. The van der Waals surface area contributed by atoms with E-state index in [4.69, 9.17) is 0 Å². The average Bonchev–Trinajstić information content (AvgIpc) is 2.64. The number of nitrogens with zero attached hydrogens (tertiary/aromatic N) is 3. The van der Waals surface area contributed by atoms with E-state index in [1.165, 1.54) is 5.75 Å². The zero-order valence-corrected chi connectivity index (χ0v) is 10.5. The quantitative estimate of drug-likeness (QED) is 0.845. The zero-order chi connectivity index (χ0) is 10.8. The molecular formula is C9H15N3OS2. The topological polar surface area (TPSA) is 50.9 Å². The molecule has 1 aliphatic rings. The first-order valence-electron chi connectivity index (χ1n) is 4.96. The van der Waals surface area contributed by atoms with Crippen molar-refractivity contribution >= 4 is 23.5 Å². The molecule has 6 heteroatoms. The minimum absolute atomic E-state index is 0.251. The molecule has 84 valence electrons. The number of hydrogen-bond donors (Lipinski definition) is 1. The van der Waals surface area contributed by atoms with Crippen LogP contribution >= 0.6 is 23.5 Å². The van der Waals surface area contributed by atoms with E-state index >= 15 is 0 Å². The van der Waals surface area contributed by atoms with Crippen LogP contribution in [0, 0.1) is 0 Å². The minimum atomic E-state index is -0.460. The van der Waals surface area contributed by atoms with Crippen molar-refractivity contribution in [2.24, 2.45) is 7.05 Å². The van der Waals surface area contributed by atoms with E-state index in [1.54, 1.807) is 10.9 Å². The van der Waals surface area contributed by atoms with Gasteiger partial charge in [0.15, 0.2) is 0 Å². The van der Waals surface area contributed by atoms with Crippen molar-refractivity contribution in [3.63, 3.8) is 0 Å². The Morgan fingerprint density at radius 3 is 2.87 bits per heavy atom. The lowest BCUT2D eigenvalue weighted by Crippen LogP contribution is -2.30. The number of rotatable bonds is 2. The van der Waals surface area contributed by atoms with Crippen LogP contribution in [0.5, 0.6) is 0 Å². The largest absolute Gasteiger partial charge is 0.386 e. The van der Waals surface area contributed by atoms with Gasteiger partial charge in [0.1, 0.15) is 6.10 Å². The number of aliphatic hydroxyl groups is 1. The fourth-order valence-corrected chi connectivity index (χ4v) is 4.55. The molecule has 0 aromatic carbocycles. The minimum Gasteiger partial charge on any atom is -0.386 e. The van der Waals surface area contributed by atoms with Gasteiger partial charge in [-0.1, -0.05) is 12.1 Å². The van der Waals surface area contributed by atoms with Crippen LogP contribution in [0.2, 0.25) is 0 Å². The summed E-state index contributed by atoms with van der Waals surface area (Å²) >= 11 is 3.77. The summed E-state index contributed by atoms with van der Waals surface area (Å²) in [6.45, 7) is 2.18. The fraction of sp³-hybridized carbons (Fsp3) is 0.778. The second-order valence-corrected chi connectivity index (χ2v) is 6.41. The van der Waals surface area contributed by atoms with Gasteiger partial charge in [-0.05, 0) is 0 Å². The van der Waals surface area contributed by atoms with Gasteiger partial charge in [-0.3, -0.25) is 0 Å². The van der Waals surface area contributed by atoms with E-state index in [2.05, 4.69) is 17.2 Å². The molecule has 0 saturated carbocycles. The third-order valence-electron chi connectivity index (χ3n) is 2.60. The molecule has 3 atom stereocenters. The summed E-state index contributed by atoms with van der Waals surface area (Å²) in [7, 11) is 1.82. The molecule has 2 rings (SSSR count). The van der Waals surface area contributed by atoms with Crippen molar-refractivity contribution in [2.45, 2.75) is 23.5 Å². The Labute approximate surface area is 97.8 Å². The predicted molar refractivity (Wildman–Crippen MR) is 64.1 cm³/mol.